The van der Waals surface area contributed by atoms with E-state index in [2.05, 4.69) is 31.2 Å². The first-order valence-corrected chi connectivity index (χ1v) is 9.49. The molecule has 0 aliphatic carbocycles. The van der Waals surface area contributed by atoms with Gasteiger partial charge in [0.15, 0.2) is 0 Å². The van der Waals surface area contributed by atoms with Gasteiger partial charge in [-0.25, -0.2) is 9.37 Å². The van der Waals surface area contributed by atoms with Gasteiger partial charge < -0.3 is 15.1 Å². The summed E-state index contributed by atoms with van der Waals surface area (Å²) in [5.41, 5.74) is 3.26. The highest BCUT2D eigenvalue weighted by atomic mass is 19.1. The van der Waals surface area contributed by atoms with E-state index in [0.717, 1.165) is 49.1 Å². The molecule has 4 rings (SSSR count). The lowest BCUT2D eigenvalue weighted by molar-refractivity contribution is 0.624. The summed E-state index contributed by atoms with van der Waals surface area (Å²) in [6, 6.07) is 18.0. The quantitative estimate of drug-likeness (QED) is 0.732. The van der Waals surface area contributed by atoms with E-state index in [9.17, 15) is 4.39 Å². The Bertz CT molecular complexity index is 1040. The summed E-state index contributed by atoms with van der Waals surface area (Å²) in [6.45, 7) is 5.24. The molecule has 7 heteroatoms. The zero-order valence-corrected chi connectivity index (χ0v) is 16.1. The number of aromatic nitrogens is 2. The van der Waals surface area contributed by atoms with Gasteiger partial charge >= 0.3 is 0 Å². The van der Waals surface area contributed by atoms with Crippen LogP contribution in [0, 0.1) is 24.1 Å². The van der Waals surface area contributed by atoms with E-state index >= 15 is 0 Å². The third-order valence-corrected chi connectivity index (χ3v) is 4.88. The average molecular weight is 388 g/mol. The number of anilines is 4. The molecule has 6 nitrogen and oxygen atoms in total. The molecule has 0 amide bonds. The predicted molar refractivity (Wildman–Crippen MR) is 112 cm³/mol. The van der Waals surface area contributed by atoms with Crippen molar-refractivity contribution in [1.29, 1.82) is 5.26 Å². The Hall–Kier alpha value is -3.66. The summed E-state index contributed by atoms with van der Waals surface area (Å²) in [4.78, 5) is 13.6. The molecule has 0 spiro atoms. The normalized spacial score (nSPS) is 13.8. The minimum absolute atomic E-state index is 0.218. The fraction of sp³-hybridized carbons (Fsp3) is 0.227. The largest absolute Gasteiger partial charge is 0.368 e. The molecule has 1 N–H and O–H groups in total. The summed E-state index contributed by atoms with van der Waals surface area (Å²) in [5, 5.41) is 12.3. The van der Waals surface area contributed by atoms with Crippen molar-refractivity contribution in [1.82, 2.24) is 9.97 Å². The maximum Gasteiger partial charge on any atom is 0.229 e. The van der Waals surface area contributed by atoms with Gasteiger partial charge in [0, 0.05) is 49.3 Å². The van der Waals surface area contributed by atoms with Crippen molar-refractivity contribution in [2.24, 2.45) is 0 Å². The number of aryl methyl sites for hydroxylation is 1. The summed E-state index contributed by atoms with van der Waals surface area (Å²) in [5.74, 6) is 1.16. The van der Waals surface area contributed by atoms with Crippen molar-refractivity contribution in [3.05, 3.63) is 71.7 Å². The molecule has 2 aromatic carbocycles. The third kappa shape index (κ3) is 4.43. The maximum absolute atomic E-state index is 13.1. The molecule has 1 aromatic heterocycles. The summed E-state index contributed by atoms with van der Waals surface area (Å²) < 4.78 is 13.1. The molecule has 3 aromatic rings. The number of nitrogens with zero attached hydrogens (tertiary/aromatic N) is 5. The monoisotopic (exact) mass is 388 g/mol. The van der Waals surface area contributed by atoms with Gasteiger partial charge in [0.2, 0.25) is 5.95 Å². The van der Waals surface area contributed by atoms with E-state index < -0.39 is 0 Å². The van der Waals surface area contributed by atoms with Crippen molar-refractivity contribution >= 4 is 23.1 Å². The van der Waals surface area contributed by atoms with E-state index in [4.69, 9.17) is 5.26 Å². The smallest absolute Gasteiger partial charge is 0.229 e. The van der Waals surface area contributed by atoms with Crippen LogP contribution < -0.4 is 15.1 Å². The molecule has 2 heterocycles. The molecule has 0 radical (unpaired) electrons. The topological polar surface area (TPSA) is 68.1 Å². The van der Waals surface area contributed by atoms with Crippen LogP contribution >= 0.6 is 0 Å². The zero-order chi connectivity index (χ0) is 20.2. The molecular formula is C22H21FN6. The summed E-state index contributed by atoms with van der Waals surface area (Å²) >= 11 is 0. The van der Waals surface area contributed by atoms with Gasteiger partial charge in [-0.05, 0) is 49.4 Å². The Morgan fingerprint density at radius 2 is 1.69 bits per heavy atom. The Morgan fingerprint density at radius 3 is 2.41 bits per heavy atom. The van der Waals surface area contributed by atoms with Gasteiger partial charge in [0.25, 0.3) is 0 Å². The van der Waals surface area contributed by atoms with Gasteiger partial charge in [-0.2, -0.15) is 10.2 Å². The van der Waals surface area contributed by atoms with Gasteiger partial charge in [-0.1, -0.05) is 6.07 Å². The molecule has 146 valence electrons. The highest BCUT2D eigenvalue weighted by Gasteiger charge is 2.19. The van der Waals surface area contributed by atoms with Crippen LogP contribution in [-0.4, -0.2) is 36.1 Å². The van der Waals surface area contributed by atoms with Crippen molar-refractivity contribution < 1.29 is 4.39 Å². The van der Waals surface area contributed by atoms with Gasteiger partial charge in [0.1, 0.15) is 11.6 Å². The van der Waals surface area contributed by atoms with Crippen molar-refractivity contribution in [3.8, 4) is 6.07 Å². The first kappa shape index (κ1) is 18.7. The van der Waals surface area contributed by atoms with Crippen molar-refractivity contribution in [3.63, 3.8) is 0 Å². The fourth-order valence-corrected chi connectivity index (χ4v) is 3.41. The van der Waals surface area contributed by atoms with Crippen LogP contribution in [0.2, 0.25) is 0 Å². The predicted octanol–water partition coefficient (Wildman–Crippen LogP) is 3.87. The lowest BCUT2D eigenvalue weighted by atomic mass is 10.2. The lowest BCUT2D eigenvalue weighted by Crippen LogP contribution is -2.46. The first-order valence-electron chi connectivity index (χ1n) is 9.49. The van der Waals surface area contributed by atoms with E-state index in [1.165, 1.54) is 12.1 Å². The second kappa shape index (κ2) is 8.15. The number of benzene rings is 2. The molecule has 1 aliphatic rings. The van der Waals surface area contributed by atoms with Crippen molar-refractivity contribution in [2.45, 2.75) is 6.92 Å². The van der Waals surface area contributed by atoms with Crippen LogP contribution in [0.5, 0.6) is 0 Å². The van der Waals surface area contributed by atoms with E-state index in [1.54, 1.807) is 12.1 Å². The van der Waals surface area contributed by atoms with Gasteiger partial charge in [-0.15, -0.1) is 0 Å². The number of hydrogen-bond donors (Lipinski definition) is 1. The van der Waals surface area contributed by atoms with Crippen LogP contribution in [0.1, 0.15) is 11.3 Å². The Balaban J connectivity index is 1.46. The van der Waals surface area contributed by atoms with Crippen LogP contribution in [0.15, 0.2) is 54.6 Å². The first-order chi connectivity index (χ1) is 14.1. The van der Waals surface area contributed by atoms with Gasteiger partial charge in [-0.3, -0.25) is 0 Å². The summed E-state index contributed by atoms with van der Waals surface area (Å²) in [7, 11) is 0. The lowest BCUT2D eigenvalue weighted by Gasteiger charge is -2.36. The molecule has 0 atom stereocenters. The zero-order valence-electron chi connectivity index (χ0n) is 16.1. The number of nitriles is 1. The number of rotatable bonds is 4. The SMILES string of the molecule is Cc1cc(N2CCN(c3ccc(F)cc3)CC2)nc(Nc2cccc(C#N)c2)n1. The minimum atomic E-state index is -0.218. The molecule has 1 fully saturated rings. The molecule has 0 bridgehead atoms. The maximum atomic E-state index is 13.1. The van der Waals surface area contributed by atoms with E-state index in [0.29, 0.717) is 11.5 Å². The highest BCUT2D eigenvalue weighted by molar-refractivity contribution is 5.58. The summed E-state index contributed by atoms with van der Waals surface area (Å²) in [6.07, 6.45) is 0. The van der Waals surface area contributed by atoms with Crippen molar-refractivity contribution in [2.75, 3.05) is 41.3 Å². The molecule has 0 unspecified atom stereocenters. The number of hydrogen-bond acceptors (Lipinski definition) is 6. The average Bonchev–Trinajstić information content (AvgIpc) is 2.74. The second-order valence-electron chi connectivity index (χ2n) is 6.96. The van der Waals surface area contributed by atoms with Crippen LogP contribution in [0.25, 0.3) is 0 Å². The van der Waals surface area contributed by atoms with Crippen LogP contribution in [-0.2, 0) is 0 Å². The number of halogens is 1. The molecule has 29 heavy (non-hydrogen) atoms. The highest BCUT2D eigenvalue weighted by Crippen LogP contribution is 2.22. The minimum Gasteiger partial charge on any atom is -0.368 e. The molecule has 1 aliphatic heterocycles. The van der Waals surface area contributed by atoms with E-state index in [1.807, 2.05) is 37.3 Å². The van der Waals surface area contributed by atoms with E-state index in [-0.39, 0.29) is 5.82 Å². The second-order valence-corrected chi connectivity index (χ2v) is 6.96. The van der Waals surface area contributed by atoms with Crippen LogP contribution in [0.4, 0.5) is 27.5 Å². The number of nitrogens with one attached hydrogen (secondary N) is 1. The standard InChI is InChI=1S/C22H21FN6/c1-16-13-21(27-22(25-16)26-19-4-2-3-17(14-19)15-24)29-11-9-28(10-12-29)20-7-5-18(23)6-8-20/h2-8,13-14H,9-12H2,1H3,(H,25,26,27). The molecule has 0 saturated carbocycles. The molecule has 1 saturated heterocycles. The van der Waals surface area contributed by atoms with Crippen LogP contribution in [0.3, 0.4) is 0 Å². The third-order valence-electron chi connectivity index (χ3n) is 4.88. The Morgan fingerprint density at radius 1 is 0.966 bits per heavy atom. The fourth-order valence-electron chi connectivity index (χ4n) is 3.41. The van der Waals surface area contributed by atoms with Gasteiger partial charge in [0.05, 0.1) is 11.6 Å². The Kier molecular flexibility index (Phi) is 5.25. The Labute approximate surface area is 169 Å². The number of piperazine rings is 1. The molecular weight excluding hydrogens is 367 g/mol.